The molecule has 1 saturated heterocycles. The van der Waals surface area contributed by atoms with Gasteiger partial charge < -0.3 is 14.7 Å². The van der Waals surface area contributed by atoms with Crippen molar-refractivity contribution >= 4 is 0 Å². The normalized spacial score (nSPS) is 21.0. The minimum atomic E-state index is -0.852. The largest absolute Gasteiger partial charge is 0.388 e. The fraction of sp³-hybridized carbons (Fsp3) is 0.571. The van der Waals surface area contributed by atoms with E-state index in [0.29, 0.717) is 25.6 Å². The summed E-state index contributed by atoms with van der Waals surface area (Å²) in [4.78, 5) is 2.12. The number of benzene rings is 1. The lowest BCUT2D eigenvalue weighted by molar-refractivity contribution is 0.124. The highest BCUT2D eigenvalue weighted by atomic mass is 19.1. The summed E-state index contributed by atoms with van der Waals surface area (Å²) in [6.07, 6.45) is 0.576. The third-order valence-electron chi connectivity index (χ3n) is 3.55. The third-order valence-corrected chi connectivity index (χ3v) is 3.55. The van der Waals surface area contributed by atoms with Crippen LogP contribution in [0.3, 0.4) is 0 Å². The van der Waals surface area contributed by atoms with E-state index in [9.17, 15) is 13.9 Å². The molecule has 1 aromatic carbocycles. The Morgan fingerprint density at radius 3 is 2.63 bits per heavy atom. The molecule has 0 spiro atoms. The van der Waals surface area contributed by atoms with Gasteiger partial charge in [0.1, 0.15) is 11.6 Å². The predicted molar refractivity (Wildman–Crippen MR) is 67.8 cm³/mol. The minimum Gasteiger partial charge on any atom is -0.388 e. The Bertz CT molecular complexity index is 402. The van der Waals surface area contributed by atoms with Gasteiger partial charge in [0.15, 0.2) is 0 Å². The first-order valence-electron chi connectivity index (χ1n) is 6.48. The number of ether oxygens (including phenoxy) is 1. The van der Waals surface area contributed by atoms with Crippen molar-refractivity contribution in [1.82, 2.24) is 4.90 Å². The zero-order chi connectivity index (χ0) is 13.8. The maximum Gasteiger partial charge on any atom is 0.126 e. The van der Waals surface area contributed by atoms with Gasteiger partial charge in [-0.3, -0.25) is 0 Å². The first-order chi connectivity index (χ1) is 9.06. The number of aliphatic hydroxyl groups excluding tert-OH is 1. The molecule has 1 fully saturated rings. The topological polar surface area (TPSA) is 32.7 Å². The molecule has 1 heterocycles. The summed E-state index contributed by atoms with van der Waals surface area (Å²) in [6, 6.07) is 3.52. The van der Waals surface area contributed by atoms with E-state index >= 15 is 0 Å². The van der Waals surface area contributed by atoms with Crippen LogP contribution in [0.15, 0.2) is 18.2 Å². The molecule has 106 valence electrons. The highest BCUT2D eigenvalue weighted by Crippen LogP contribution is 2.20. The molecule has 0 bridgehead atoms. The molecule has 0 radical (unpaired) electrons. The van der Waals surface area contributed by atoms with Crippen LogP contribution in [0, 0.1) is 11.6 Å². The van der Waals surface area contributed by atoms with E-state index in [1.165, 1.54) is 12.1 Å². The maximum atomic E-state index is 13.1. The number of hydrogen-bond acceptors (Lipinski definition) is 3. The van der Waals surface area contributed by atoms with Crippen LogP contribution < -0.4 is 0 Å². The van der Waals surface area contributed by atoms with Gasteiger partial charge in [0.05, 0.1) is 12.7 Å². The van der Waals surface area contributed by atoms with Gasteiger partial charge in [-0.15, -0.1) is 0 Å². The first kappa shape index (κ1) is 14.4. The molecule has 1 aromatic rings. The van der Waals surface area contributed by atoms with Crippen molar-refractivity contribution in [2.24, 2.45) is 0 Å². The SMILES string of the molecule is CN(CCC(O)c1cc(F)cc(F)c1)C1CCOC1. The number of aliphatic hydroxyl groups is 1. The van der Waals surface area contributed by atoms with Crippen molar-refractivity contribution in [3.05, 3.63) is 35.4 Å². The quantitative estimate of drug-likeness (QED) is 0.890. The van der Waals surface area contributed by atoms with Crippen LogP contribution in [0.25, 0.3) is 0 Å². The molecule has 1 aliphatic rings. The molecule has 2 unspecified atom stereocenters. The highest BCUT2D eigenvalue weighted by Gasteiger charge is 2.21. The zero-order valence-corrected chi connectivity index (χ0v) is 11.0. The Balaban J connectivity index is 1.87. The maximum absolute atomic E-state index is 13.1. The Morgan fingerprint density at radius 2 is 2.05 bits per heavy atom. The second-order valence-electron chi connectivity index (χ2n) is 5.01. The van der Waals surface area contributed by atoms with Crippen molar-refractivity contribution in [2.45, 2.75) is 25.0 Å². The van der Waals surface area contributed by atoms with Gasteiger partial charge in [0.25, 0.3) is 0 Å². The molecule has 1 N–H and O–H groups in total. The van der Waals surface area contributed by atoms with Crippen molar-refractivity contribution in [1.29, 1.82) is 0 Å². The summed E-state index contributed by atoms with van der Waals surface area (Å²) in [6.45, 7) is 2.14. The third kappa shape index (κ3) is 3.96. The minimum absolute atomic E-state index is 0.286. The van der Waals surface area contributed by atoms with E-state index in [4.69, 9.17) is 4.74 Å². The number of hydrogen-bond donors (Lipinski definition) is 1. The molecule has 0 saturated carbocycles. The summed E-state index contributed by atoms with van der Waals surface area (Å²) in [5.41, 5.74) is 0.286. The standard InChI is InChI=1S/C14H19F2NO2/c1-17(13-3-5-19-9-13)4-2-14(18)10-6-11(15)8-12(16)7-10/h6-8,13-14,18H,2-5,9H2,1H3. The number of nitrogens with zero attached hydrogens (tertiary/aromatic N) is 1. The summed E-state index contributed by atoms with van der Waals surface area (Å²) < 4.78 is 31.4. The Morgan fingerprint density at radius 1 is 1.37 bits per heavy atom. The van der Waals surface area contributed by atoms with E-state index in [-0.39, 0.29) is 5.56 Å². The summed E-state index contributed by atoms with van der Waals surface area (Å²) >= 11 is 0. The van der Waals surface area contributed by atoms with Gasteiger partial charge in [0, 0.05) is 25.3 Å². The van der Waals surface area contributed by atoms with E-state index in [1.54, 1.807) is 0 Å². The van der Waals surface area contributed by atoms with Crippen LogP contribution in [0.5, 0.6) is 0 Å². The molecule has 5 heteroatoms. The second-order valence-corrected chi connectivity index (χ2v) is 5.01. The van der Waals surface area contributed by atoms with E-state index in [1.807, 2.05) is 7.05 Å². The first-order valence-corrected chi connectivity index (χ1v) is 6.48. The van der Waals surface area contributed by atoms with Gasteiger partial charge in [-0.25, -0.2) is 8.78 Å². The van der Waals surface area contributed by atoms with Gasteiger partial charge in [0.2, 0.25) is 0 Å². The Hall–Kier alpha value is -1.04. The molecule has 19 heavy (non-hydrogen) atoms. The van der Waals surface area contributed by atoms with Crippen LogP contribution in [0.1, 0.15) is 24.5 Å². The number of likely N-dealkylation sites (N-methyl/N-ethyl adjacent to an activating group) is 1. The lowest BCUT2D eigenvalue weighted by atomic mass is 10.1. The summed E-state index contributed by atoms with van der Waals surface area (Å²) in [5.74, 6) is -1.32. The molecular formula is C14H19F2NO2. The van der Waals surface area contributed by atoms with Crippen LogP contribution in [-0.4, -0.2) is 42.9 Å². The molecule has 0 amide bonds. The van der Waals surface area contributed by atoms with Crippen molar-refractivity contribution < 1.29 is 18.6 Å². The van der Waals surface area contributed by atoms with Crippen LogP contribution in [0.2, 0.25) is 0 Å². The average molecular weight is 271 g/mol. The van der Waals surface area contributed by atoms with Crippen LogP contribution >= 0.6 is 0 Å². The van der Waals surface area contributed by atoms with Crippen molar-refractivity contribution in [3.63, 3.8) is 0 Å². The van der Waals surface area contributed by atoms with Gasteiger partial charge in [-0.05, 0) is 37.6 Å². The van der Waals surface area contributed by atoms with E-state index in [0.717, 1.165) is 19.1 Å². The Labute approximate surface area is 111 Å². The van der Waals surface area contributed by atoms with Crippen LogP contribution in [0.4, 0.5) is 8.78 Å². The number of halogens is 2. The lowest BCUT2D eigenvalue weighted by Crippen LogP contribution is -2.33. The van der Waals surface area contributed by atoms with E-state index < -0.39 is 17.7 Å². The molecule has 2 atom stereocenters. The van der Waals surface area contributed by atoms with Crippen LogP contribution in [-0.2, 0) is 4.74 Å². The molecule has 0 aliphatic carbocycles. The monoisotopic (exact) mass is 271 g/mol. The second kappa shape index (κ2) is 6.41. The van der Waals surface area contributed by atoms with Crippen molar-refractivity contribution in [3.8, 4) is 0 Å². The van der Waals surface area contributed by atoms with E-state index in [2.05, 4.69) is 4.90 Å². The summed E-state index contributed by atoms with van der Waals surface area (Å²) in [7, 11) is 1.97. The average Bonchev–Trinajstić information content (AvgIpc) is 2.88. The lowest BCUT2D eigenvalue weighted by Gasteiger charge is -2.24. The zero-order valence-electron chi connectivity index (χ0n) is 11.0. The molecule has 0 aromatic heterocycles. The molecule has 3 nitrogen and oxygen atoms in total. The molecular weight excluding hydrogens is 252 g/mol. The van der Waals surface area contributed by atoms with Gasteiger partial charge in [-0.1, -0.05) is 0 Å². The highest BCUT2D eigenvalue weighted by molar-refractivity contribution is 5.20. The fourth-order valence-electron chi connectivity index (χ4n) is 2.31. The summed E-state index contributed by atoms with van der Waals surface area (Å²) in [5, 5.41) is 9.97. The molecule has 1 aliphatic heterocycles. The van der Waals surface area contributed by atoms with Crippen molar-refractivity contribution in [2.75, 3.05) is 26.8 Å². The van der Waals surface area contributed by atoms with Gasteiger partial charge >= 0.3 is 0 Å². The smallest absolute Gasteiger partial charge is 0.126 e. The number of rotatable bonds is 5. The predicted octanol–water partition coefficient (Wildman–Crippen LogP) is 2.11. The van der Waals surface area contributed by atoms with Gasteiger partial charge in [-0.2, -0.15) is 0 Å². The fourth-order valence-corrected chi connectivity index (χ4v) is 2.31. The molecule has 2 rings (SSSR count). The Kier molecular flexibility index (Phi) is 4.85.